The van der Waals surface area contributed by atoms with E-state index >= 15 is 0 Å². The molecule has 5 rings (SSSR count). The van der Waals surface area contributed by atoms with Crippen molar-refractivity contribution in [1.82, 2.24) is 15.3 Å². The number of ether oxygens (including phenoxy) is 1. The Labute approximate surface area is 242 Å². The van der Waals surface area contributed by atoms with E-state index < -0.39 is 24.3 Å². The molecule has 3 aliphatic rings. The Morgan fingerprint density at radius 3 is 2.66 bits per heavy atom. The lowest BCUT2D eigenvalue weighted by Crippen LogP contribution is -2.46. The van der Waals surface area contributed by atoms with Gasteiger partial charge in [-0.2, -0.15) is 23.1 Å². The molecule has 2 saturated heterocycles. The number of allylic oxidation sites excluding steroid dienone is 2. The Morgan fingerprint density at radius 1 is 1.27 bits per heavy atom. The molecule has 1 spiro atoms. The molecule has 12 heteroatoms. The van der Waals surface area contributed by atoms with Gasteiger partial charge in [-0.15, -0.1) is 0 Å². The van der Waals surface area contributed by atoms with E-state index in [1.807, 2.05) is 17.9 Å². The number of nitrogens with two attached hydrogens (primary N) is 1. The quantitative estimate of drug-likeness (QED) is 0.350. The van der Waals surface area contributed by atoms with Crippen LogP contribution in [0, 0.1) is 5.41 Å². The van der Waals surface area contributed by atoms with E-state index in [1.165, 1.54) is 18.2 Å². The second kappa shape index (κ2) is 11.7. The number of nitrogens with one attached hydrogen (secondary N) is 1. The zero-order valence-electron chi connectivity index (χ0n) is 22.9. The van der Waals surface area contributed by atoms with Crippen LogP contribution in [0.3, 0.4) is 0 Å². The molecule has 2 aliphatic heterocycles. The maximum absolute atomic E-state index is 14.5. The van der Waals surface area contributed by atoms with Crippen molar-refractivity contribution in [3.05, 3.63) is 46.5 Å². The van der Waals surface area contributed by atoms with Crippen molar-refractivity contribution in [1.29, 1.82) is 0 Å². The van der Waals surface area contributed by atoms with Crippen molar-refractivity contribution >= 4 is 34.9 Å². The van der Waals surface area contributed by atoms with Crippen LogP contribution in [0.15, 0.2) is 30.3 Å². The topological polar surface area (TPSA) is 114 Å². The van der Waals surface area contributed by atoms with Crippen LogP contribution in [0.5, 0.6) is 5.88 Å². The van der Waals surface area contributed by atoms with Crippen molar-refractivity contribution in [2.45, 2.75) is 82.7 Å². The first kappa shape index (κ1) is 29.4. The molecule has 2 unspecified atom stereocenters. The predicted molar refractivity (Wildman–Crippen MR) is 151 cm³/mol. The van der Waals surface area contributed by atoms with Crippen LogP contribution >= 0.6 is 11.6 Å². The summed E-state index contributed by atoms with van der Waals surface area (Å²) in [6, 6.07) is 5.27. The number of piperidine rings is 1. The summed E-state index contributed by atoms with van der Waals surface area (Å²) in [6.45, 7) is 3.15. The largest absolute Gasteiger partial charge is 0.480 e. The van der Waals surface area contributed by atoms with Gasteiger partial charge < -0.3 is 25.8 Å². The van der Waals surface area contributed by atoms with Crippen molar-refractivity contribution in [3.63, 3.8) is 0 Å². The lowest BCUT2D eigenvalue weighted by Gasteiger charge is -2.43. The first-order valence-corrected chi connectivity index (χ1v) is 14.5. The monoisotopic (exact) mass is 593 g/mol. The molecule has 2 fully saturated rings. The lowest BCUT2D eigenvalue weighted by atomic mass is 9.71. The Kier molecular flexibility index (Phi) is 8.39. The second-order valence-corrected chi connectivity index (χ2v) is 11.7. The number of alkyl halides is 3. The number of rotatable bonds is 7. The zero-order valence-corrected chi connectivity index (χ0v) is 23.6. The van der Waals surface area contributed by atoms with Crippen LogP contribution in [-0.2, 0) is 4.79 Å². The molecule has 0 radical (unpaired) electrons. The summed E-state index contributed by atoms with van der Waals surface area (Å²) in [6.07, 6.45) is 1.10. The minimum Gasteiger partial charge on any atom is -0.480 e. The number of nitrogen functional groups attached to an aromatic ring is 1. The number of benzene rings is 1. The van der Waals surface area contributed by atoms with Gasteiger partial charge in [0.25, 0.3) is 0 Å². The fraction of sp³-hybridized carbons (Fsp3) is 0.552. The van der Waals surface area contributed by atoms with E-state index in [9.17, 15) is 23.1 Å². The first-order chi connectivity index (χ1) is 19.5. The smallest absolute Gasteiger partial charge is 0.429 e. The molecule has 1 aromatic carbocycles. The second-order valence-electron chi connectivity index (χ2n) is 11.2. The van der Waals surface area contributed by atoms with Crippen molar-refractivity contribution in [3.8, 4) is 5.88 Å². The summed E-state index contributed by atoms with van der Waals surface area (Å²) in [5.41, 5.74) is 7.02. The minimum atomic E-state index is -4.74. The third-order valence-electron chi connectivity index (χ3n) is 8.72. The van der Waals surface area contributed by atoms with Crippen LogP contribution < -0.4 is 20.7 Å². The summed E-state index contributed by atoms with van der Waals surface area (Å²) in [4.78, 5) is 21.9. The lowest BCUT2D eigenvalue weighted by molar-refractivity contribution is -0.198. The molecule has 0 amide bonds. The molecule has 4 N–H and O–H groups in total. The molecule has 3 heterocycles. The van der Waals surface area contributed by atoms with Crippen LogP contribution in [0.4, 0.5) is 24.9 Å². The van der Waals surface area contributed by atoms with Gasteiger partial charge in [0.1, 0.15) is 11.9 Å². The standard InChI is InChI=1S/C29H35ClF3N5O3/c1-2-22-28(16-21(35-22)26(39)40)10-12-38(13-11-28)23-15-24(37-27(34)36-23)41-25(29(31,32)33)19-9-8-18(30)14-20(19)17-6-4-3-5-7-17/h6,8-9,14-15,21-22,25,35H,2-5,7,10-13,16H2,1H3,(H,39,40)(H2,34,36,37)/t21?,22?,25-/m1/s1. The summed E-state index contributed by atoms with van der Waals surface area (Å²) < 4.78 is 49.1. The third-order valence-corrected chi connectivity index (χ3v) is 8.95. The third kappa shape index (κ3) is 6.25. The van der Waals surface area contributed by atoms with Crippen LogP contribution in [0.25, 0.3) is 5.57 Å². The number of halogens is 4. The SMILES string of the molecule is CCC1NC(C(=O)O)CC12CCN(c1cc(O[C@H](c3ccc(Cl)cc3C3=CCCCC3)C(F)(F)F)nc(N)n1)CC2. The van der Waals surface area contributed by atoms with Crippen molar-refractivity contribution < 1.29 is 27.8 Å². The maximum Gasteiger partial charge on any atom is 0.429 e. The molecule has 222 valence electrons. The molecule has 3 atom stereocenters. The zero-order chi connectivity index (χ0) is 29.4. The number of anilines is 2. The molecule has 8 nitrogen and oxygen atoms in total. The van der Waals surface area contributed by atoms with E-state index in [-0.39, 0.29) is 28.8 Å². The van der Waals surface area contributed by atoms with Gasteiger partial charge in [0, 0.05) is 35.8 Å². The Balaban J connectivity index is 1.39. The molecule has 2 aromatic rings. The van der Waals surface area contributed by atoms with Gasteiger partial charge in [-0.3, -0.25) is 4.79 Å². The van der Waals surface area contributed by atoms with E-state index in [4.69, 9.17) is 22.1 Å². The predicted octanol–water partition coefficient (Wildman–Crippen LogP) is 6.16. The van der Waals surface area contributed by atoms with E-state index in [1.54, 1.807) is 6.07 Å². The number of aliphatic carboxylic acids is 1. The molecular formula is C29H35ClF3N5O3. The normalized spacial score (nSPS) is 23.3. The van der Waals surface area contributed by atoms with E-state index in [2.05, 4.69) is 15.3 Å². The minimum absolute atomic E-state index is 0.0268. The Morgan fingerprint density at radius 2 is 2.02 bits per heavy atom. The highest BCUT2D eigenvalue weighted by atomic mass is 35.5. The van der Waals surface area contributed by atoms with Gasteiger partial charge in [-0.1, -0.05) is 30.7 Å². The molecular weight excluding hydrogens is 559 g/mol. The number of aromatic nitrogens is 2. The van der Waals surface area contributed by atoms with Gasteiger partial charge in [0.2, 0.25) is 17.9 Å². The number of carboxylic acid groups (broad SMARTS) is 1. The Hall–Kier alpha value is -3.05. The number of nitrogens with zero attached hydrogens (tertiary/aromatic N) is 3. The van der Waals surface area contributed by atoms with Gasteiger partial charge in [0.15, 0.2) is 0 Å². The van der Waals surface area contributed by atoms with Crippen LogP contribution in [-0.4, -0.2) is 52.4 Å². The molecule has 1 aromatic heterocycles. The van der Waals surface area contributed by atoms with Crippen molar-refractivity contribution in [2.24, 2.45) is 5.41 Å². The summed E-state index contributed by atoms with van der Waals surface area (Å²) in [5.74, 6) is -0.933. The average molecular weight is 594 g/mol. The highest BCUT2D eigenvalue weighted by molar-refractivity contribution is 6.30. The molecule has 1 aliphatic carbocycles. The fourth-order valence-corrected chi connectivity index (χ4v) is 6.84. The van der Waals surface area contributed by atoms with Crippen LogP contribution in [0.2, 0.25) is 5.02 Å². The summed E-state index contributed by atoms with van der Waals surface area (Å²) >= 11 is 6.20. The number of carboxylic acids is 1. The highest BCUT2D eigenvalue weighted by Crippen LogP contribution is 2.46. The summed E-state index contributed by atoms with van der Waals surface area (Å²) in [5, 5.41) is 13.1. The van der Waals surface area contributed by atoms with Gasteiger partial charge >= 0.3 is 12.1 Å². The van der Waals surface area contributed by atoms with E-state index in [0.717, 1.165) is 44.1 Å². The number of carbonyl (C=O) groups is 1. The van der Waals surface area contributed by atoms with Gasteiger partial charge in [0.05, 0.1) is 0 Å². The molecule has 0 bridgehead atoms. The Bertz CT molecular complexity index is 1310. The molecule has 0 saturated carbocycles. The van der Waals surface area contributed by atoms with Gasteiger partial charge in [-0.05, 0) is 80.1 Å². The number of hydrogen-bond donors (Lipinski definition) is 3. The fourth-order valence-electron chi connectivity index (χ4n) is 6.67. The molecule has 41 heavy (non-hydrogen) atoms. The van der Waals surface area contributed by atoms with Gasteiger partial charge in [-0.25, -0.2) is 0 Å². The highest BCUT2D eigenvalue weighted by Gasteiger charge is 2.50. The van der Waals surface area contributed by atoms with E-state index in [0.29, 0.717) is 42.3 Å². The first-order valence-electron chi connectivity index (χ1n) is 14.1. The van der Waals surface area contributed by atoms with Crippen LogP contribution in [0.1, 0.15) is 75.5 Å². The van der Waals surface area contributed by atoms with Crippen molar-refractivity contribution in [2.75, 3.05) is 23.7 Å². The maximum atomic E-state index is 14.5. The summed E-state index contributed by atoms with van der Waals surface area (Å²) in [7, 11) is 0. The number of hydrogen-bond acceptors (Lipinski definition) is 7. The average Bonchev–Trinajstić information content (AvgIpc) is 3.30.